The summed E-state index contributed by atoms with van der Waals surface area (Å²) in [7, 11) is 3.01. The fourth-order valence-electron chi connectivity index (χ4n) is 2.95. The number of alkyl halides is 1. The molecule has 0 spiro atoms. The van der Waals surface area contributed by atoms with Crippen LogP contribution < -0.4 is 4.74 Å². The van der Waals surface area contributed by atoms with E-state index in [0.717, 1.165) is 5.56 Å². The number of oxime groups is 1. The number of rotatable bonds is 8. The second kappa shape index (κ2) is 9.65. The molecule has 156 valence electrons. The summed E-state index contributed by atoms with van der Waals surface area (Å²) in [6, 6.07) is 16.3. The molecule has 1 atom stereocenters. The van der Waals surface area contributed by atoms with Gasteiger partial charge in [-0.2, -0.15) is 0 Å². The Morgan fingerprint density at radius 2 is 1.87 bits per heavy atom. The van der Waals surface area contributed by atoms with E-state index >= 15 is 0 Å². The summed E-state index contributed by atoms with van der Waals surface area (Å²) in [4.78, 5) is 16.2. The number of carboxylic acids is 1. The van der Waals surface area contributed by atoms with Crippen molar-refractivity contribution in [1.82, 2.24) is 9.78 Å². The van der Waals surface area contributed by atoms with Gasteiger partial charge in [-0.1, -0.05) is 71.4 Å². The molecule has 0 fully saturated rings. The Bertz CT molecular complexity index is 1070. The Kier molecular flexibility index (Phi) is 6.97. The van der Waals surface area contributed by atoms with Crippen LogP contribution in [0.4, 0.5) is 0 Å². The molecule has 0 radical (unpaired) electrons. The van der Waals surface area contributed by atoms with Crippen LogP contribution in [0.2, 0.25) is 5.02 Å². The number of aliphatic carboxylic acids is 1. The lowest BCUT2D eigenvalue weighted by Gasteiger charge is -2.11. The third-order valence-corrected chi connectivity index (χ3v) is 5.17. The third kappa shape index (κ3) is 4.58. The minimum Gasteiger partial charge on any atom is -0.476 e. The highest BCUT2D eigenvalue weighted by molar-refractivity contribution is 6.42. The van der Waals surface area contributed by atoms with Crippen LogP contribution in [0, 0.1) is 0 Å². The minimum absolute atomic E-state index is 0.0284. The molecule has 2 aromatic carbocycles. The van der Waals surface area contributed by atoms with E-state index in [2.05, 4.69) is 15.1 Å². The number of carbonyl (C=O) groups is 1. The molecule has 30 heavy (non-hydrogen) atoms. The Morgan fingerprint density at radius 1 is 1.20 bits per heavy atom. The van der Waals surface area contributed by atoms with Crippen molar-refractivity contribution in [3.8, 4) is 5.88 Å². The van der Waals surface area contributed by atoms with Gasteiger partial charge in [0.05, 0.1) is 5.69 Å². The molecule has 1 aromatic heterocycles. The number of ether oxygens (including phenoxy) is 1. The predicted octanol–water partition coefficient (Wildman–Crippen LogP) is 4.42. The SMILES string of the molecule is CON=C(C(=O)O)c1ccccc1COc1nn(C)c(C(Cl)c2ccccc2)c1Cl. The first-order valence-electron chi connectivity index (χ1n) is 8.91. The molecule has 1 N–H and O–H groups in total. The summed E-state index contributed by atoms with van der Waals surface area (Å²) < 4.78 is 7.38. The highest BCUT2D eigenvalue weighted by atomic mass is 35.5. The lowest BCUT2D eigenvalue weighted by Crippen LogP contribution is -2.17. The number of halogens is 2. The Balaban J connectivity index is 1.86. The van der Waals surface area contributed by atoms with Crippen molar-refractivity contribution in [2.24, 2.45) is 12.2 Å². The number of aromatic nitrogens is 2. The van der Waals surface area contributed by atoms with Gasteiger partial charge in [0.1, 0.15) is 24.1 Å². The van der Waals surface area contributed by atoms with Crippen molar-refractivity contribution in [1.29, 1.82) is 0 Å². The summed E-state index contributed by atoms with van der Waals surface area (Å²) in [5.74, 6) is -1.01. The first-order chi connectivity index (χ1) is 14.4. The normalized spacial score (nSPS) is 12.5. The van der Waals surface area contributed by atoms with Gasteiger partial charge in [-0.05, 0) is 11.1 Å². The average molecular weight is 448 g/mol. The summed E-state index contributed by atoms with van der Waals surface area (Å²) in [6.07, 6.45) is 0. The zero-order valence-electron chi connectivity index (χ0n) is 16.3. The maximum Gasteiger partial charge on any atom is 0.358 e. The van der Waals surface area contributed by atoms with E-state index in [4.69, 9.17) is 27.9 Å². The van der Waals surface area contributed by atoms with E-state index in [9.17, 15) is 9.90 Å². The lowest BCUT2D eigenvalue weighted by atomic mass is 10.0. The van der Waals surface area contributed by atoms with E-state index in [1.165, 1.54) is 7.11 Å². The largest absolute Gasteiger partial charge is 0.476 e. The predicted molar refractivity (Wildman–Crippen MR) is 114 cm³/mol. The molecule has 3 aromatic rings. The molecule has 0 amide bonds. The van der Waals surface area contributed by atoms with Gasteiger partial charge in [0.2, 0.25) is 0 Å². The number of hydrogen-bond donors (Lipinski definition) is 1. The van der Waals surface area contributed by atoms with Gasteiger partial charge in [-0.3, -0.25) is 4.68 Å². The summed E-state index contributed by atoms with van der Waals surface area (Å²) in [5, 5.41) is 17.1. The smallest absolute Gasteiger partial charge is 0.358 e. The van der Waals surface area contributed by atoms with E-state index in [0.29, 0.717) is 21.8 Å². The van der Waals surface area contributed by atoms with Crippen LogP contribution in [0.3, 0.4) is 0 Å². The first kappa shape index (κ1) is 21.7. The molecular weight excluding hydrogens is 429 g/mol. The number of nitrogens with zero attached hydrogens (tertiary/aromatic N) is 3. The monoisotopic (exact) mass is 447 g/mol. The van der Waals surface area contributed by atoms with Crippen molar-refractivity contribution in [3.05, 3.63) is 82.0 Å². The highest BCUT2D eigenvalue weighted by Gasteiger charge is 2.24. The van der Waals surface area contributed by atoms with E-state index in [-0.39, 0.29) is 18.2 Å². The number of carboxylic acid groups (broad SMARTS) is 1. The van der Waals surface area contributed by atoms with Crippen LogP contribution in [0.1, 0.15) is 27.8 Å². The molecule has 9 heteroatoms. The summed E-state index contributed by atoms with van der Waals surface area (Å²) in [5.41, 5.74) is 2.21. The van der Waals surface area contributed by atoms with Gasteiger partial charge < -0.3 is 14.7 Å². The second-order valence-electron chi connectivity index (χ2n) is 6.27. The van der Waals surface area contributed by atoms with Crippen LogP contribution in [0.25, 0.3) is 0 Å². The zero-order chi connectivity index (χ0) is 21.7. The van der Waals surface area contributed by atoms with Crippen LogP contribution in [-0.4, -0.2) is 33.7 Å². The number of benzene rings is 2. The van der Waals surface area contributed by atoms with Crippen LogP contribution in [0.5, 0.6) is 5.88 Å². The molecule has 0 aliphatic heterocycles. The van der Waals surface area contributed by atoms with E-state index < -0.39 is 11.3 Å². The van der Waals surface area contributed by atoms with Gasteiger partial charge in [0.25, 0.3) is 5.88 Å². The van der Waals surface area contributed by atoms with E-state index in [1.54, 1.807) is 36.0 Å². The fourth-order valence-corrected chi connectivity index (χ4v) is 3.73. The van der Waals surface area contributed by atoms with Gasteiger partial charge >= 0.3 is 5.97 Å². The third-order valence-electron chi connectivity index (χ3n) is 4.36. The lowest BCUT2D eigenvalue weighted by molar-refractivity contribution is -0.129. The molecular formula is C21H19Cl2N3O4. The Morgan fingerprint density at radius 3 is 2.53 bits per heavy atom. The van der Waals surface area contributed by atoms with Gasteiger partial charge in [0, 0.05) is 12.6 Å². The molecule has 0 aliphatic carbocycles. The molecule has 0 saturated heterocycles. The average Bonchev–Trinajstić information content (AvgIpc) is 3.03. The molecule has 0 saturated carbocycles. The topological polar surface area (TPSA) is 85.9 Å². The molecule has 1 unspecified atom stereocenters. The van der Waals surface area contributed by atoms with Gasteiger partial charge in [-0.15, -0.1) is 16.7 Å². The van der Waals surface area contributed by atoms with Crippen molar-refractivity contribution in [2.45, 2.75) is 12.0 Å². The van der Waals surface area contributed by atoms with Crippen LogP contribution in [-0.2, 0) is 23.3 Å². The van der Waals surface area contributed by atoms with Crippen LogP contribution >= 0.6 is 23.2 Å². The van der Waals surface area contributed by atoms with Crippen molar-refractivity contribution < 1.29 is 19.5 Å². The van der Waals surface area contributed by atoms with Crippen molar-refractivity contribution in [2.75, 3.05) is 7.11 Å². The maximum atomic E-state index is 11.5. The molecule has 0 bridgehead atoms. The van der Waals surface area contributed by atoms with Crippen molar-refractivity contribution >= 4 is 34.9 Å². The Labute approximate surface area is 183 Å². The summed E-state index contributed by atoms with van der Waals surface area (Å²) in [6.45, 7) is 0.0284. The molecule has 3 rings (SSSR count). The Hall–Kier alpha value is -3.03. The van der Waals surface area contributed by atoms with E-state index in [1.807, 2.05) is 30.3 Å². The fraction of sp³-hybridized carbons (Fsp3) is 0.190. The van der Waals surface area contributed by atoms with Crippen molar-refractivity contribution in [3.63, 3.8) is 0 Å². The first-order valence-corrected chi connectivity index (χ1v) is 9.72. The standard InChI is InChI=1S/C21H19Cl2N3O4/c1-26-19(16(22)13-8-4-3-5-9-13)17(23)20(24-26)30-12-14-10-6-7-11-15(14)18(21(27)28)25-29-2/h3-11,16H,12H2,1-2H3,(H,27,28). The summed E-state index contributed by atoms with van der Waals surface area (Å²) >= 11 is 13.1. The number of aryl methyl sites for hydroxylation is 1. The molecule has 0 aliphatic rings. The highest BCUT2D eigenvalue weighted by Crippen LogP contribution is 2.38. The minimum atomic E-state index is -1.21. The quantitative estimate of drug-likeness (QED) is 0.313. The molecule has 7 nitrogen and oxygen atoms in total. The second-order valence-corrected chi connectivity index (χ2v) is 7.09. The molecule has 1 heterocycles. The van der Waals surface area contributed by atoms with Gasteiger partial charge in [0.15, 0.2) is 5.71 Å². The van der Waals surface area contributed by atoms with Crippen LogP contribution in [0.15, 0.2) is 59.8 Å². The maximum absolute atomic E-state index is 11.5. The zero-order valence-corrected chi connectivity index (χ0v) is 17.8. The van der Waals surface area contributed by atoms with Gasteiger partial charge in [-0.25, -0.2) is 4.79 Å². The number of hydrogen-bond acceptors (Lipinski definition) is 5.